The number of likely N-dealkylation sites (N-methyl/N-ethyl adjacent to an activating group) is 1. The molecule has 0 aromatic carbocycles. The summed E-state index contributed by atoms with van der Waals surface area (Å²) in [6, 6.07) is -0.458. The molecule has 0 aromatic rings. The van der Waals surface area contributed by atoms with E-state index < -0.39 is 6.04 Å². The first-order valence-corrected chi connectivity index (χ1v) is 5.96. The van der Waals surface area contributed by atoms with Gasteiger partial charge in [-0.1, -0.05) is 12.1 Å². The second-order valence-electron chi connectivity index (χ2n) is 4.79. The quantitative estimate of drug-likeness (QED) is 0.327. The van der Waals surface area contributed by atoms with Crippen LogP contribution < -0.4 is 5.73 Å². The average Bonchev–Trinajstić information content (AvgIpc) is 2.35. The second kappa shape index (κ2) is 5.75. The predicted molar refractivity (Wildman–Crippen MR) is 66.0 cm³/mol. The number of piperidine rings is 1. The third-order valence-electron chi connectivity index (χ3n) is 3.35. The number of oxime groups is 1. The van der Waals surface area contributed by atoms with Gasteiger partial charge in [-0.05, 0) is 25.7 Å². The highest BCUT2D eigenvalue weighted by Gasteiger charge is 2.27. The van der Waals surface area contributed by atoms with Crippen molar-refractivity contribution in [2.45, 2.75) is 32.7 Å². The lowest BCUT2D eigenvalue weighted by Crippen LogP contribution is -2.51. The number of amides is 2. The fourth-order valence-corrected chi connectivity index (χ4v) is 2.03. The minimum Gasteiger partial charge on any atom is -0.409 e. The van der Waals surface area contributed by atoms with E-state index >= 15 is 0 Å². The number of carbonyl (C=O) groups is 1. The van der Waals surface area contributed by atoms with E-state index in [1.807, 2.05) is 4.90 Å². The van der Waals surface area contributed by atoms with Gasteiger partial charge in [0.2, 0.25) is 0 Å². The molecule has 0 bridgehead atoms. The van der Waals surface area contributed by atoms with Crippen LogP contribution in [0.5, 0.6) is 0 Å². The first-order valence-electron chi connectivity index (χ1n) is 5.96. The zero-order chi connectivity index (χ0) is 13.0. The van der Waals surface area contributed by atoms with Gasteiger partial charge in [0.05, 0.1) is 6.04 Å². The van der Waals surface area contributed by atoms with E-state index in [1.165, 1.54) is 11.3 Å². The van der Waals surface area contributed by atoms with Gasteiger partial charge >= 0.3 is 6.03 Å². The van der Waals surface area contributed by atoms with Gasteiger partial charge in [0.15, 0.2) is 5.84 Å². The van der Waals surface area contributed by atoms with Gasteiger partial charge < -0.3 is 20.7 Å². The number of hydrogen-bond acceptors (Lipinski definition) is 3. The van der Waals surface area contributed by atoms with Gasteiger partial charge in [-0.2, -0.15) is 0 Å². The average molecular weight is 242 g/mol. The lowest BCUT2D eigenvalue weighted by molar-refractivity contribution is 0.135. The molecule has 0 saturated carbocycles. The Hall–Kier alpha value is -1.46. The zero-order valence-corrected chi connectivity index (χ0v) is 10.8. The number of rotatable bonds is 2. The molecule has 1 aliphatic rings. The lowest BCUT2D eigenvalue weighted by atomic mass is 10.0. The highest BCUT2D eigenvalue weighted by Crippen LogP contribution is 2.17. The Kier molecular flexibility index (Phi) is 4.60. The molecule has 98 valence electrons. The van der Waals surface area contributed by atoms with E-state index in [2.05, 4.69) is 12.1 Å². The van der Waals surface area contributed by atoms with Crippen LogP contribution in [0.3, 0.4) is 0 Å². The van der Waals surface area contributed by atoms with Crippen molar-refractivity contribution in [3.05, 3.63) is 0 Å². The summed E-state index contributed by atoms with van der Waals surface area (Å²) in [7, 11) is 1.67. The summed E-state index contributed by atoms with van der Waals surface area (Å²) in [5, 5.41) is 11.5. The molecule has 0 aliphatic carbocycles. The van der Waals surface area contributed by atoms with Gasteiger partial charge in [-0.25, -0.2) is 4.79 Å². The molecule has 1 heterocycles. The van der Waals surface area contributed by atoms with Crippen molar-refractivity contribution in [3.8, 4) is 0 Å². The molecule has 2 unspecified atom stereocenters. The van der Waals surface area contributed by atoms with Crippen molar-refractivity contribution in [1.29, 1.82) is 0 Å². The summed E-state index contributed by atoms with van der Waals surface area (Å²) in [4.78, 5) is 15.5. The molecule has 6 nitrogen and oxygen atoms in total. The van der Waals surface area contributed by atoms with Crippen LogP contribution in [-0.2, 0) is 0 Å². The maximum absolute atomic E-state index is 12.2. The molecular weight excluding hydrogens is 220 g/mol. The first kappa shape index (κ1) is 13.6. The van der Waals surface area contributed by atoms with E-state index in [0.29, 0.717) is 5.92 Å². The van der Waals surface area contributed by atoms with Gasteiger partial charge in [0, 0.05) is 20.1 Å². The number of hydrogen-bond donors (Lipinski definition) is 2. The zero-order valence-electron chi connectivity index (χ0n) is 10.8. The highest BCUT2D eigenvalue weighted by molar-refractivity contribution is 5.89. The SMILES string of the molecule is CC1CCCN(C(=O)N(C)C(C)C(N)=NO)C1. The number of likely N-dealkylation sites (tertiary alicyclic amines) is 1. The summed E-state index contributed by atoms with van der Waals surface area (Å²) in [6.07, 6.45) is 2.21. The Morgan fingerprint density at radius 2 is 2.29 bits per heavy atom. The van der Waals surface area contributed by atoms with Crippen LogP contribution in [0.1, 0.15) is 26.7 Å². The van der Waals surface area contributed by atoms with E-state index in [9.17, 15) is 4.79 Å². The van der Waals surface area contributed by atoms with Crippen LogP contribution >= 0.6 is 0 Å². The highest BCUT2D eigenvalue weighted by atomic mass is 16.4. The fourth-order valence-electron chi connectivity index (χ4n) is 2.03. The molecule has 1 rings (SSSR count). The summed E-state index contributed by atoms with van der Waals surface area (Å²) < 4.78 is 0. The summed E-state index contributed by atoms with van der Waals surface area (Å²) in [5.41, 5.74) is 5.50. The van der Waals surface area contributed by atoms with Crippen molar-refractivity contribution in [2.24, 2.45) is 16.8 Å². The third-order valence-corrected chi connectivity index (χ3v) is 3.35. The standard InChI is InChI=1S/C11H22N4O2/c1-8-5-4-6-15(7-8)11(16)14(3)9(2)10(12)13-17/h8-9,17H,4-7H2,1-3H3,(H2,12,13). The fraction of sp³-hybridized carbons (Fsp3) is 0.818. The van der Waals surface area contributed by atoms with Gasteiger partial charge in [0.1, 0.15) is 0 Å². The van der Waals surface area contributed by atoms with E-state index in [4.69, 9.17) is 10.9 Å². The van der Waals surface area contributed by atoms with Gasteiger partial charge in [0.25, 0.3) is 0 Å². The third kappa shape index (κ3) is 3.25. The van der Waals surface area contributed by atoms with Crippen LogP contribution in [0.4, 0.5) is 4.79 Å². The van der Waals surface area contributed by atoms with Crippen LogP contribution in [0.2, 0.25) is 0 Å². The summed E-state index contributed by atoms with van der Waals surface area (Å²) >= 11 is 0. The summed E-state index contributed by atoms with van der Waals surface area (Å²) in [6.45, 7) is 5.45. The molecule has 1 saturated heterocycles. The second-order valence-corrected chi connectivity index (χ2v) is 4.79. The number of amidine groups is 1. The molecule has 17 heavy (non-hydrogen) atoms. The molecule has 0 radical (unpaired) electrons. The molecule has 1 fully saturated rings. The van der Waals surface area contributed by atoms with Gasteiger partial charge in [-0.15, -0.1) is 0 Å². The van der Waals surface area contributed by atoms with Crippen LogP contribution in [-0.4, -0.2) is 53.1 Å². The molecular formula is C11H22N4O2. The van der Waals surface area contributed by atoms with E-state index in [-0.39, 0.29) is 11.9 Å². The molecule has 0 aromatic heterocycles. The maximum Gasteiger partial charge on any atom is 0.320 e. The lowest BCUT2D eigenvalue weighted by Gasteiger charge is -2.35. The Labute approximate surface area is 102 Å². The van der Waals surface area contributed by atoms with Crippen LogP contribution in [0.15, 0.2) is 5.16 Å². The molecule has 3 N–H and O–H groups in total. The largest absolute Gasteiger partial charge is 0.409 e. The van der Waals surface area contributed by atoms with Crippen molar-refractivity contribution >= 4 is 11.9 Å². The van der Waals surface area contributed by atoms with Crippen molar-refractivity contribution in [3.63, 3.8) is 0 Å². The van der Waals surface area contributed by atoms with Crippen LogP contribution in [0, 0.1) is 5.92 Å². The summed E-state index contributed by atoms with van der Waals surface area (Å²) in [5.74, 6) is 0.589. The Balaban J connectivity index is 2.62. The molecule has 1 aliphatic heterocycles. The number of urea groups is 1. The van der Waals surface area contributed by atoms with E-state index in [1.54, 1.807) is 14.0 Å². The minimum atomic E-state index is -0.398. The van der Waals surface area contributed by atoms with Crippen molar-refractivity contribution in [2.75, 3.05) is 20.1 Å². The number of nitrogens with zero attached hydrogens (tertiary/aromatic N) is 3. The van der Waals surface area contributed by atoms with Crippen molar-refractivity contribution in [1.82, 2.24) is 9.80 Å². The Bertz CT molecular complexity index is 306. The molecule has 2 amide bonds. The monoisotopic (exact) mass is 242 g/mol. The maximum atomic E-state index is 12.2. The van der Waals surface area contributed by atoms with Gasteiger partial charge in [-0.3, -0.25) is 0 Å². The van der Waals surface area contributed by atoms with E-state index in [0.717, 1.165) is 19.5 Å². The minimum absolute atomic E-state index is 0.0471. The Morgan fingerprint density at radius 1 is 1.65 bits per heavy atom. The predicted octanol–water partition coefficient (Wildman–Crippen LogP) is 0.905. The molecule has 2 atom stereocenters. The Morgan fingerprint density at radius 3 is 2.82 bits per heavy atom. The smallest absolute Gasteiger partial charge is 0.320 e. The number of nitrogens with two attached hydrogens (primary N) is 1. The van der Waals surface area contributed by atoms with Crippen LogP contribution in [0.25, 0.3) is 0 Å². The molecule has 0 spiro atoms. The topological polar surface area (TPSA) is 82.2 Å². The molecule has 6 heteroatoms. The number of carbonyl (C=O) groups excluding carboxylic acids is 1. The normalized spacial score (nSPS) is 23.4. The van der Waals surface area contributed by atoms with Crippen molar-refractivity contribution < 1.29 is 10.0 Å². The first-order chi connectivity index (χ1) is 7.97.